The van der Waals surface area contributed by atoms with E-state index in [1.165, 1.54) is 61.5 Å². The van der Waals surface area contributed by atoms with Gasteiger partial charge >= 0.3 is 0 Å². The minimum absolute atomic E-state index is 0.985. The van der Waals surface area contributed by atoms with Crippen LogP contribution in [0.3, 0.4) is 0 Å². The summed E-state index contributed by atoms with van der Waals surface area (Å²) in [5.41, 5.74) is 14.9. The van der Waals surface area contributed by atoms with Crippen LogP contribution in [0.25, 0.3) is 33.5 Å². The lowest BCUT2D eigenvalue weighted by molar-refractivity contribution is -0.660. The molecule has 2 aromatic carbocycles. The predicted molar refractivity (Wildman–Crippen MR) is 121 cm³/mol. The van der Waals surface area contributed by atoms with Crippen molar-refractivity contribution in [3.63, 3.8) is 0 Å². The third-order valence-corrected chi connectivity index (χ3v) is 6.88. The smallest absolute Gasteiger partial charge is 0.213 e. The minimum atomic E-state index is 0.985. The highest BCUT2D eigenvalue weighted by molar-refractivity contribution is 5.86. The fourth-order valence-electron chi connectivity index (χ4n) is 5.26. The molecule has 6 bridgehead atoms. The first-order valence-corrected chi connectivity index (χ1v) is 10.9. The molecule has 0 spiro atoms. The second-order valence-electron chi connectivity index (χ2n) is 8.71. The van der Waals surface area contributed by atoms with Crippen molar-refractivity contribution in [3.8, 4) is 33.5 Å². The molecule has 3 aliphatic carbocycles. The molecule has 30 heavy (non-hydrogen) atoms. The number of pyridine rings is 2. The molecule has 0 amide bonds. The summed E-state index contributed by atoms with van der Waals surface area (Å²) in [5, 5.41) is 0. The topological polar surface area (TPSA) is 16.8 Å². The highest BCUT2D eigenvalue weighted by Gasteiger charge is 2.28. The first-order chi connectivity index (χ1) is 14.7. The molecule has 0 atom stereocenters. The van der Waals surface area contributed by atoms with Crippen LogP contribution in [0.15, 0.2) is 67.0 Å². The number of benzene rings is 2. The molecule has 2 aromatic heterocycles. The lowest BCUT2D eigenvalue weighted by atomic mass is 9.92. The Kier molecular flexibility index (Phi) is 3.89. The standard InChI is InChI=1S/C28H25N2/c1-18-6-11-22-23-12-14-29-26-5-3-4-19-7-9-20(10-8-19)21-13-15-30(2)27(16-21)28(18)25(22)17-24(23)26/h6-16H,3-5,17H2,1-2H3/q+1. The van der Waals surface area contributed by atoms with Crippen LogP contribution in [-0.4, -0.2) is 4.98 Å². The van der Waals surface area contributed by atoms with Gasteiger partial charge in [0.15, 0.2) is 6.20 Å². The number of aromatic nitrogens is 2. The van der Waals surface area contributed by atoms with E-state index in [-0.39, 0.29) is 0 Å². The number of rotatable bonds is 0. The zero-order valence-corrected chi connectivity index (χ0v) is 17.6. The van der Waals surface area contributed by atoms with Crippen LogP contribution in [0.5, 0.6) is 0 Å². The Morgan fingerprint density at radius 1 is 0.833 bits per heavy atom. The Balaban J connectivity index is 1.66. The molecule has 7 rings (SSSR count). The quantitative estimate of drug-likeness (QED) is 0.315. The second kappa shape index (κ2) is 6.63. The lowest BCUT2D eigenvalue weighted by Gasteiger charge is -2.12. The summed E-state index contributed by atoms with van der Waals surface area (Å²) >= 11 is 0. The minimum Gasteiger partial charge on any atom is -0.261 e. The molecule has 4 aromatic rings. The second-order valence-corrected chi connectivity index (χ2v) is 8.71. The van der Waals surface area contributed by atoms with Gasteiger partial charge < -0.3 is 0 Å². The van der Waals surface area contributed by atoms with Gasteiger partial charge in [0.05, 0.1) is 5.56 Å². The van der Waals surface area contributed by atoms with E-state index < -0.39 is 0 Å². The number of hydrogen-bond donors (Lipinski definition) is 0. The van der Waals surface area contributed by atoms with Crippen LogP contribution in [0.1, 0.15) is 34.4 Å². The third kappa shape index (κ3) is 2.64. The van der Waals surface area contributed by atoms with E-state index in [2.05, 4.69) is 79.3 Å². The Bertz CT molecular complexity index is 1300. The summed E-state index contributed by atoms with van der Waals surface area (Å²) in [7, 11) is 2.16. The number of nitrogens with zero attached hydrogens (tertiary/aromatic N) is 2. The molecule has 0 saturated heterocycles. The van der Waals surface area contributed by atoms with E-state index >= 15 is 0 Å². The average Bonchev–Trinajstić information content (AvgIpc) is 3.14. The number of hydrogen-bond acceptors (Lipinski definition) is 1. The maximum atomic E-state index is 4.81. The SMILES string of the molecule is Cc1ccc2c3c1-c1cc(cc[n+]1C)-c1ccc(cc1)CCCc1nccc-2c1C3. The predicted octanol–water partition coefficient (Wildman–Crippen LogP) is 5.61. The van der Waals surface area contributed by atoms with Crippen molar-refractivity contribution < 1.29 is 4.57 Å². The van der Waals surface area contributed by atoms with Gasteiger partial charge in [-0.05, 0) is 76.8 Å². The fourth-order valence-corrected chi connectivity index (χ4v) is 5.26. The van der Waals surface area contributed by atoms with Crippen molar-refractivity contribution in [2.24, 2.45) is 7.05 Å². The largest absolute Gasteiger partial charge is 0.261 e. The summed E-state index contributed by atoms with van der Waals surface area (Å²) in [4.78, 5) is 4.81. The summed E-state index contributed by atoms with van der Waals surface area (Å²) in [6.45, 7) is 2.24. The number of fused-ring (bicyclic) bond motifs is 5. The molecule has 3 aliphatic rings. The van der Waals surface area contributed by atoms with Crippen LogP contribution in [0.2, 0.25) is 0 Å². The van der Waals surface area contributed by atoms with Crippen LogP contribution >= 0.6 is 0 Å². The maximum absolute atomic E-state index is 4.81. The Hall–Kier alpha value is -3.26. The van der Waals surface area contributed by atoms with Crippen molar-refractivity contribution in [1.29, 1.82) is 0 Å². The van der Waals surface area contributed by atoms with E-state index in [4.69, 9.17) is 4.98 Å². The van der Waals surface area contributed by atoms with Crippen LogP contribution in [0.4, 0.5) is 0 Å². The molecule has 0 fully saturated rings. The van der Waals surface area contributed by atoms with Crippen molar-refractivity contribution >= 4 is 0 Å². The molecule has 2 nitrogen and oxygen atoms in total. The normalized spacial score (nSPS) is 13.8. The Morgan fingerprint density at radius 2 is 1.67 bits per heavy atom. The van der Waals surface area contributed by atoms with E-state index in [0.29, 0.717) is 0 Å². The van der Waals surface area contributed by atoms with E-state index in [0.717, 1.165) is 25.7 Å². The van der Waals surface area contributed by atoms with Gasteiger partial charge in [-0.1, -0.05) is 36.4 Å². The lowest BCUT2D eigenvalue weighted by Crippen LogP contribution is -2.31. The summed E-state index contributed by atoms with van der Waals surface area (Å²) in [6.07, 6.45) is 8.45. The molecule has 0 N–H and O–H groups in total. The average molecular weight is 390 g/mol. The van der Waals surface area contributed by atoms with Gasteiger partial charge in [0, 0.05) is 30.4 Å². The first-order valence-electron chi connectivity index (χ1n) is 10.9. The molecule has 2 heteroatoms. The molecule has 2 heterocycles. The van der Waals surface area contributed by atoms with Gasteiger partial charge in [0.25, 0.3) is 0 Å². The molecule has 146 valence electrons. The van der Waals surface area contributed by atoms with Crippen LogP contribution < -0.4 is 4.57 Å². The summed E-state index contributed by atoms with van der Waals surface area (Å²) in [6, 6.07) is 20.5. The van der Waals surface area contributed by atoms with Crippen molar-refractivity contribution in [3.05, 3.63) is 94.9 Å². The molecule has 0 aliphatic heterocycles. The van der Waals surface area contributed by atoms with E-state index in [1.54, 1.807) is 0 Å². The first kappa shape index (κ1) is 17.6. The van der Waals surface area contributed by atoms with Gasteiger partial charge in [-0.2, -0.15) is 0 Å². The fraction of sp³-hybridized carbons (Fsp3) is 0.214. The van der Waals surface area contributed by atoms with Gasteiger partial charge in [-0.3, -0.25) is 4.98 Å². The molecular formula is C28H25N2+. The van der Waals surface area contributed by atoms with E-state index in [9.17, 15) is 0 Å². The highest BCUT2D eigenvalue weighted by Crippen LogP contribution is 2.43. The molecule has 0 unspecified atom stereocenters. The Morgan fingerprint density at radius 3 is 2.53 bits per heavy atom. The molecule has 0 saturated carbocycles. The van der Waals surface area contributed by atoms with Crippen molar-refractivity contribution in [2.75, 3.05) is 0 Å². The summed E-state index contributed by atoms with van der Waals surface area (Å²) in [5.74, 6) is 0. The zero-order valence-electron chi connectivity index (χ0n) is 17.6. The molecule has 0 radical (unpaired) electrons. The summed E-state index contributed by atoms with van der Waals surface area (Å²) < 4.78 is 2.26. The monoisotopic (exact) mass is 389 g/mol. The highest BCUT2D eigenvalue weighted by atomic mass is 14.9. The maximum Gasteiger partial charge on any atom is 0.213 e. The third-order valence-electron chi connectivity index (χ3n) is 6.88. The van der Waals surface area contributed by atoms with Crippen molar-refractivity contribution in [2.45, 2.75) is 32.6 Å². The molecular weight excluding hydrogens is 364 g/mol. The Labute approximate surface area is 177 Å². The van der Waals surface area contributed by atoms with Gasteiger partial charge in [-0.25, -0.2) is 4.57 Å². The van der Waals surface area contributed by atoms with Gasteiger partial charge in [0.2, 0.25) is 5.69 Å². The van der Waals surface area contributed by atoms with Crippen LogP contribution in [0, 0.1) is 6.92 Å². The van der Waals surface area contributed by atoms with Crippen molar-refractivity contribution in [1.82, 2.24) is 4.98 Å². The zero-order chi connectivity index (χ0) is 20.2. The van der Waals surface area contributed by atoms with E-state index in [1.807, 2.05) is 6.20 Å². The van der Waals surface area contributed by atoms with Gasteiger partial charge in [-0.15, -0.1) is 0 Å². The number of aryl methyl sites for hydroxylation is 4. The van der Waals surface area contributed by atoms with Crippen LogP contribution in [-0.2, 0) is 26.3 Å². The van der Waals surface area contributed by atoms with Gasteiger partial charge in [0.1, 0.15) is 7.05 Å².